The summed E-state index contributed by atoms with van der Waals surface area (Å²) < 4.78 is 82.8. The predicted molar refractivity (Wildman–Crippen MR) is 117 cm³/mol. The number of urea groups is 1. The van der Waals surface area contributed by atoms with Crippen LogP contribution in [0, 0.1) is 5.82 Å². The Morgan fingerprint density at radius 3 is 2.40 bits per heavy atom. The number of carbonyl (C=O) groups is 2. The molecule has 3 rings (SSSR count). The number of nitrogens with zero attached hydrogens (tertiary/aromatic N) is 1. The van der Waals surface area contributed by atoms with Crippen molar-refractivity contribution in [3.63, 3.8) is 0 Å². The standard InChI is InChI=1S/C21H18F6N4O3S/c1-10(34-18(23)24)9-28-17(32)16(21(25,26)27)11-2-7-14-15(8-11)35-20(30-14)31-19(33)29-13-5-3-12(22)4-6-13/h2-8,10,16,18H,9H2,1H3,(H,28,32)(H2,29,30,31,33)/t10-,16+/m0/s1. The number of hydrogen-bond donors (Lipinski definition) is 3. The van der Waals surface area contributed by atoms with Crippen LogP contribution in [0.4, 0.5) is 42.0 Å². The first-order chi connectivity index (χ1) is 16.4. The minimum absolute atomic E-state index is 0.0720. The molecule has 2 aromatic carbocycles. The largest absolute Gasteiger partial charge is 0.404 e. The minimum Gasteiger partial charge on any atom is -0.353 e. The third-order valence-electron chi connectivity index (χ3n) is 4.56. The number of alkyl halides is 5. The van der Waals surface area contributed by atoms with Crippen LogP contribution in [0.1, 0.15) is 18.4 Å². The molecule has 3 aromatic rings. The highest BCUT2D eigenvalue weighted by molar-refractivity contribution is 7.22. The zero-order valence-corrected chi connectivity index (χ0v) is 18.6. The number of rotatable bonds is 8. The summed E-state index contributed by atoms with van der Waals surface area (Å²) in [5, 5.41) is 6.94. The van der Waals surface area contributed by atoms with E-state index in [1.54, 1.807) is 0 Å². The van der Waals surface area contributed by atoms with Crippen LogP contribution < -0.4 is 16.0 Å². The van der Waals surface area contributed by atoms with Crippen LogP contribution in [0.2, 0.25) is 0 Å². The van der Waals surface area contributed by atoms with Gasteiger partial charge in [0.2, 0.25) is 5.91 Å². The Balaban J connectivity index is 1.74. The molecule has 0 saturated carbocycles. The maximum absolute atomic E-state index is 13.7. The van der Waals surface area contributed by atoms with Crippen molar-refractivity contribution in [2.24, 2.45) is 0 Å². The number of carbonyl (C=O) groups excluding carboxylic acids is 2. The van der Waals surface area contributed by atoms with Gasteiger partial charge in [0.25, 0.3) is 0 Å². The lowest BCUT2D eigenvalue weighted by Crippen LogP contribution is -2.41. The van der Waals surface area contributed by atoms with Gasteiger partial charge in [-0.3, -0.25) is 10.1 Å². The molecule has 0 unspecified atom stereocenters. The maximum atomic E-state index is 13.7. The van der Waals surface area contributed by atoms with E-state index < -0.39 is 54.7 Å². The van der Waals surface area contributed by atoms with Gasteiger partial charge < -0.3 is 15.4 Å². The highest BCUT2D eigenvalue weighted by Crippen LogP contribution is 2.37. The van der Waals surface area contributed by atoms with Crippen LogP contribution >= 0.6 is 11.3 Å². The Morgan fingerprint density at radius 2 is 1.77 bits per heavy atom. The summed E-state index contributed by atoms with van der Waals surface area (Å²) in [4.78, 5) is 28.5. The zero-order chi connectivity index (χ0) is 25.8. The first kappa shape index (κ1) is 26.2. The maximum Gasteiger partial charge on any atom is 0.404 e. The molecular weight excluding hydrogens is 502 g/mol. The molecule has 1 aromatic heterocycles. The van der Waals surface area contributed by atoms with Crippen LogP contribution in [-0.4, -0.2) is 42.4 Å². The van der Waals surface area contributed by atoms with Crippen molar-refractivity contribution >= 4 is 44.3 Å². The van der Waals surface area contributed by atoms with Crippen LogP contribution in [-0.2, 0) is 9.53 Å². The molecule has 7 nitrogen and oxygen atoms in total. The van der Waals surface area contributed by atoms with E-state index in [1.165, 1.54) is 25.1 Å². The number of thiazole rings is 1. The molecule has 0 saturated heterocycles. The summed E-state index contributed by atoms with van der Waals surface area (Å²) in [7, 11) is 0. The molecule has 0 radical (unpaired) electrons. The zero-order valence-electron chi connectivity index (χ0n) is 17.8. The number of ether oxygens (including phenoxy) is 1. The number of hydrogen-bond acceptors (Lipinski definition) is 5. The monoisotopic (exact) mass is 520 g/mol. The second-order valence-corrected chi connectivity index (χ2v) is 8.29. The minimum atomic E-state index is -4.97. The third-order valence-corrected chi connectivity index (χ3v) is 5.49. The fourth-order valence-corrected chi connectivity index (χ4v) is 3.94. The third kappa shape index (κ3) is 7.29. The second-order valence-electron chi connectivity index (χ2n) is 7.26. The van der Waals surface area contributed by atoms with E-state index in [-0.39, 0.29) is 15.3 Å². The number of benzene rings is 2. The summed E-state index contributed by atoms with van der Waals surface area (Å²) in [5.74, 6) is -4.48. The van der Waals surface area contributed by atoms with Gasteiger partial charge in [0.1, 0.15) is 5.82 Å². The lowest BCUT2D eigenvalue weighted by molar-refractivity contribution is -0.169. The number of fused-ring (bicyclic) bond motifs is 1. The molecule has 3 N–H and O–H groups in total. The Kier molecular flexibility index (Phi) is 8.17. The van der Waals surface area contributed by atoms with Gasteiger partial charge in [0, 0.05) is 12.2 Å². The summed E-state index contributed by atoms with van der Waals surface area (Å²) >= 11 is 0.872. The molecule has 0 fully saturated rings. The molecule has 3 amide bonds. The SMILES string of the molecule is C[C@@H](CNC(=O)[C@@H](c1ccc2nc(NC(=O)Nc3ccc(F)cc3)sc2c1)C(F)(F)F)OC(F)F. The fraction of sp³-hybridized carbons (Fsp3) is 0.286. The first-order valence-electron chi connectivity index (χ1n) is 9.94. The molecule has 0 aliphatic heterocycles. The van der Waals surface area contributed by atoms with Gasteiger partial charge in [-0.05, 0) is 48.9 Å². The number of anilines is 2. The topological polar surface area (TPSA) is 92.4 Å². The van der Waals surface area contributed by atoms with E-state index >= 15 is 0 Å². The van der Waals surface area contributed by atoms with E-state index in [1.807, 2.05) is 5.32 Å². The van der Waals surface area contributed by atoms with Crippen molar-refractivity contribution in [2.45, 2.75) is 31.7 Å². The van der Waals surface area contributed by atoms with Crippen molar-refractivity contribution in [2.75, 3.05) is 17.2 Å². The molecule has 14 heteroatoms. The second kappa shape index (κ2) is 10.9. The van der Waals surface area contributed by atoms with Gasteiger partial charge in [-0.1, -0.05) is 17.4 Å². The number of halogens is 6. The Morgan fingerprint density at radius 1 is 1.09 bits per heavy atom. The summed E-state index contributed by atoms with van der Waals surface area (Å²) in [6.07, 6.45) is -6.17. The highest BCUT2D eigenvalue weighted by Gasteiger charge is 2.46. The highest BCUT2D eigenvalue weighted by atomic mass is 32.1. The molecule has 0 aliphatic carbocycles. The van der Waals surface area contributed by atoms with Crippen LogP contribution in [0.5, 0.6) is 0 Å². The van der Waals surface area contributed by atoms with Crippen molar-refractivity contribution < 1.29 is 40.7 Å². The van der Waals surface area contributed by atoms with Crippen LogP contribution in [0.15, 0.2) is 42.5 Å². The van der Waals surface area contributed by atoms with Crippen molar-refractivity contribution in [1.29, 1.82) is 0 Å². The van der Waals surface area contributed by atoms with Gasteiger partial charge in [-0.25, -0.2) is 14.2 Å². The summed E-state index contributed by atoms with van der Waals surface area (Å²) in [6.45, 7) is -2.50. The lowest BCUT2D eigenvalue weighted by Gasteiger charge is -2.21. The van der Waals surface area contributed by atoms with Crippen molar-refractivity contribution in [3.8, 4) is 0 Å². The van der Waals surface area contributed by atoms with Gasteiger partial charge in [-0.2, -0.15) is 22.0 Å². The summed E-state index contributed by atoms with van der Waals surface area (Å²) in [5.41, 5.74) is 0.187. The average Bonchev–Trinajstić information content (AvgIpc) is 3.14. The molecule has 35 heavy (non-hydrogen) atoms. The van der Waals surface area contributed by atoms with Gasteiger partial charge >= 0.3 is 18.8 Å². The first-order valence-corrected chi connectivity index (χ1v) is 10.8. The lowest BCUT2D eigenvalue weighted by atomic mass is 9.97. The van der Waals surface area contributed by atoms with E-state index in [9.17, 15) is 35.9 Å². The number of nitrogens with one attached hydrogen (secondary N) is 3. The van der Waals surface area contributed by atoms with Crippen LogP contribution in [0.25, 0.3) is 10.2 Å². The molecule has 1 heterocycles. The van der Waals surface area contributed by atoms with E-state index in [4.69, 9.17) is 0 Å². The van der Waals surface area contributed by atoms with E-state index in [2.05, 4.69) is 20.4 Å². The predicted octanol–water partition coefficient (Wildman–Crippen LogP) is 5.47. The Labute approximate surface area is 198 Å². The molecule has 188 valence electrons. The molecule has 0 bridgehead atoms. The average molecular weight is 520 g/mol. The van der Waals surface area contributed by atoms with Crippen LogP contribution in [0.3, 0.4) is 0 Å². The molecule has 0 spiro atoms. The molecular formula is C21H18F6N4O3S. The quantitative estimate of drug-likeness (QED) is 0.344. The van der Waals surface area contributed by atoms with E-state index in [0.717, 1.165) is 35.6 Å². The van der Waals surface area contributed by atoms with Gasteiger partial charge in [-0.15, -0.1) is 0 Å². The Hall–Kier alpha value is -3.39. The number of aromatic nitrogens is 1. The molecule has 0 aliphatic rings. The van der Waals surface area contributed by atoms with Crippen molar-refractivity contribution in [3.05, 3.63) is 53.8 Å². The summed E-state index contributed by atoms with van der Waals surface area (Å²) in [6, 6.07) is 7.71. The van der Waals surface area contributed by atoms with E-state index in [0.29, 0.717) is 5.69 Å². The Bertz CT molecular complexity index is 1190. The fourth-order valence-electron chi connectivity index (χ4n) is 3.03. The smallest absolute Gasteiger partial charge is 0.353 e. The van der Waals surface area contributed by atoms with Gasteiger partial charge in [0.15, 0.2) is 11.0 Å². The van der Waals surface area contributed by atoms with Gasteiger partial charge in [0.05, 0.1) is 16.3 Å². The van der Waals surface area contributed by atoms with Crippen molar-refractivity contribution in [1.82, 2.24) is 10.3 Å². The normalized spacial score (nSPS) is 13.5. The number of amides is 3. The molecule has 2 atom stereocenters.